The number of allylic oxidation sites excluding steroid dienone is 4. The van der Waals surface area contributed by atoms with Gasteiger partial charge in [-0.2, -0.15) is 0 Å². The molecule has 0 spiro atoms. The number of methoxy groups -OCH3 is 1. The van der Waals surface area contributed by atoms with Crippen LogP contribution >= 0.6 is 26.3 Å². The monoisotopic (exact) mass is 570 g/mol. The molecule has 3 rings (SSSR count). The van der Waals surface area contributed by atoms with Crippen molar-refractivity contribution in [1.29, 1.82) is 0 Å². The van der Waals surface area contributed by atoms with Gasteiger partial charge in [-0.05, 0) is 0 Å². The molecule has 0 aliphatic rings. The predicted octanol–water partition coefficient (Wildman–Crippen LogP) is 6.71. The van der Waals surface area contributed by atoms with E-state index in [1.165, 1.54) is 23.0 Å². The minimum absolute atomic E-state index is 0.161. The van der Waals surface area contributed by atoms with Gasteiger partial charge < -0.3 is 0 Å². The third-order valence-electron chi connectivity index (χ3n) is 5.95. The van der Waals surface area contributed by atoms with Crippen LogP contribution in [0.15, 0.2) is 115 Å². The van der Waals surface area contributed by atoms with E-state index in [0.717, 1.165) is 25.4 Å². The molecule has 0 saturated carbocycles. The molecule has 33 heavy (non-hydrogen) atoms. The number of ether oxygens (including phenoxy) is 1. The Morgan fingerprint density at radius 3 is 1.58 bits per heavy atom. The third-order valence-corrected chi connectivity index (χ3v) is 17.6. The molecule has 0 bridgehead atoms. The molecule has 0 amide bonds. The van der Waals surface area contributed by atoms with Crippen molar-refractivity contribution >= 4 is 48.2 Å². The van der Waals surface area contributed by atoms with E-state index in [9.17, 15) is 4.79 Å². The summed E-state index contributed by atoms with van der Waals surface area (Å²) in [6.07, 6.45) is 12.8. The second-order valence-corrected chi connectivity index (χ2v) is 18.7. The minimum atomic E-state index is -2.69. The Morgan fingerprint density at radius 1 is 0.727 bits per heavy atom. The van der Waals surface area contributed by atoms with Crippen LogP contribution in [0.3, 0.4) is 0 Å². The molecule has 0 aliphatic heterocycles. The summed E-state index contributed by atoms with van der Waals surface area (Å²) in [4.78, 5) is 11.2. The molecule has 0 atom stereocenters. The SMILES string of the molecule is COC(=O)CC/C=C\C/C=C\CCP(I)(c1ccccc1)(c1ccccc1)c1ccccc1. The van der Waals surface area contributed by atoms with E-state index in [-0.39, 0.29) is 5.97 Å². The molecule has 0 saturated heterocycles. The molecule has 3 aromatic carbocycles. The second-order valence-electron chi connectivity index (χ2n) is 8.00. The second kappa shape index (κ2) is 12.3. The van der Waals surface area contributed by atoms with Crippen molar-refractivity contribution in [2.75, 3.05) is 13.3 Å². The first-order valence-electron chi connectivity index (χ1n) is 11.4. The summed E-state index contributed by atoms with van der Waals surface area (Å²) in [7, 11) is 1.43. The van der Waals surface area contributed by atoms with Crippen LogP contribution in [-0.2, 0) is 9.53 Å². The van der Waals surface area contributed by atoms with Gasteiger partial charge in [-0.25, -0.2) is 0 Å². The third kappa shape index (κ3) is 6.02. The van der Waals surface area contributed by atoms with Gasteiger partial charge in [0.05, 0.1) is 0 Å². The normalized spacial score (nSPS) is 13.1. The van der Waals surface area contributed by atoms with E-state index < -0.39 is 4.25 Å². The zero-order valence-corrected chi connectivity index (χ0v) is 22.2. The Morgan fingerprint density at radius 2 is 1.15 bits per heavy atom. The molecule has 172 valence electrons. The fourth-order valence-electron chi connectivity index (χ4n) is 4.18. The van der Waals surface area contributed by atoms with Gasteiger partial charge in [-0.15, -0.1) is 0 Å². The van der Waals surface area contributed by atoms with Crippen LogP contribution < -0.4 is 15.9 Å². The molecule has 0 radical (unpaired) electrons. The van der Waals surface area contributed by atoms with Crippen LogP contribution in [0.1, 0.15) is 25.7 Å². The van der Waals surface area contributed by atoms with Crippen LogP contribution in [0.4, 0.5) is 0 Å². The maximum absolute atomic E-state index is 11.2. The van der Waals surface area contributed by atoms with E-state index in [1.54, 1.807) is 0 Å². The summed E-state index contributed by atoms with van der Waals surface area (Å²) >= 11 is 2.83. The molecule has 0 heterocycles. The molecule has 4 heteroatoms. The molecule has 3 aromatic rings. The Labute approximate surface area is 211 Å². The summed E-state index contributed by atoms with van der Waals surface area (Å²) in [5.41, 5.74) is 0. The number of hydrogen-bond donors (Lipinski definition) is 0. The molecule has 0 unspecified atom stereocenters. The zero-order valence-electron chi connectivity index (χ0n) is 19.1. The number of benzene rings is 3. The molecular formula is C29H32IO2P. The van der Waals surface area contributed by atoms with Crippen molar-refractivity contribution in [1.82, 2.24) is 0 Å². The number of esters is 1. The van der Waals surface area contributed by atoms with Gasteiger partial charge in [-0.3, -0.25) is 0 Å². The van der Waals surface area contributed by atoms with Gasteiger partial charge in [0.1, 0.15) is 0 Å². The Bertz CT molecular complexity index is 963. The molecule has 0 N–H and O–H groups in total. The fraction of sp³-hybridized carbons (Fsp3) is 0.207. The molecule has 0 aliphatic carbocycles. The quantitative estimate of drug-likeness (QED) is 0.111. The first-order valence-corrected chi connectivity index (χ1v) is 16.6. The summed E-state index contributed by atoms with van der Waals surface area (Å²) in [5, 5.41) is 4.24. The van der Waals surface area contributed by atoms with Crippen molar-refractivity contribution in [2.24, 2.45) is 0 Å². The van der Waals surface area contributed by atoms with E-state index in [1.807, 2.05) is 0 Å². The van der Waals surface area contributed by atoms with Crippen LogP contribution in [0.25, 0.3) is 0 Å². The fourth-order valence-corrected chi connectivity index (χ4v) is 12.6. The van der Waals surface area contributed by atoms with Crippen LogP contribution in [0.2, 0.25) is 0 Å². The first kappa shape index (κ1) is 25.4. The Hall–Kier alpha value is -2.23. The molecule has 2 nitrogen and oxygen atoms in total. The summed E-state index contributed by atoms with van der Waals surface area (Å²) < 4.78 is 1.99. The number of hydrogen-bond acceptors (Lipinski definition) is 2. The van der Waals surface area contributed by atoms with Crippen molar-refractivity contribution < 1.29 is 9.53 Å². The molecule has 0 fully saturated rings. The van der Waals surface area contributed by atoms with Crippen LogP contribution in [-0.4, -0.2) is 19.2 Å². The summed E-state index contributed by atoms with van der Waals surface area (Å²) in [5.74, 6) is -0.161. The molecule has 0 aromatic heterocycles. The number of rotatable bonds is 11. The number of halogens is 1. The van der Waals surface area contributed by atoms with E-state index in [0.29, 0.717) is 6.42 Å². The van der Waals surface area contributed by atoms with Gasteiger partial charge in [0.2, 0.25) is 0 Å². The standard InChI is InChI=1S/C29H32IO2P/c1-32-29(31)24-16-5-3-2-4-6-17-25-33(30,26-18-10-7-11-19-26,27-20-12-8-13-21-27)28-22-14-9-15-23-28/h3-15,18-23H,2,16-17,24-25H2,1H3/b5-3-,6-4-. The summed E-state index contributed by atoms with van der Waals surface area (Å²) in [6, 6.07) is 33.1. The van der Waals surface area contributed by atoms with E-state index >= 15 is 0 Å². The van der Waals surface area contributed by atoms with Gasteiger partial charge in [0.15, 0.2) is 0 Å². The van der Waals surface area contributed by atoms with E-state index in [4.69, 9.17) is 0 Å². The van der Waals surface area contributed by atoms with Crippen LogP contribution in [0.5, 0.6) is 0 Å². The Kier molecular flexibility index (Phi) is 9.46. The number of carbonyl (C=O) groups excluding carboxylic acids is 1. The van der Waals surface area contributed by atoms with E-state index in [2.05, 4.69) is 142 Å². The number of carbonyl (C=O) groups is 1. The average molecular weight is 570 g/mol. The summed E-state index contributed by atoms with van der Waals surface area (Å²) in [6.45, 7) is 0. The van der Waals surface area contributed by atoms with Gasteiger partial charge >= 0.3 is 212 Å². The zero-order chi connectivity index (χ0) is 23.4. The Balaban J connectivity index is 1.86. The molecular weight excluding hydrogens is 538 g/mol. The maximum atomic E-state index is 11.2. The predicted molar refractivity (Wildman–Crippen MR) is 153 cm³/mol. The van der Waals surface area contributed by atoms with Crippen molar-refractivity contribution in [3.63, 3.8) is 0 Å². The topological polar surface area (TPSA) is 26.3 Å². The van der Waals surface area contributed by atoms with Gasteiger partial charge in [0, 0.05) is 0 Å². The first-order chi connectivity index (χ1) is 16.1. The average Bonchev–Trinajstić information content (AvgIpc) is 2.89. The van der Waals surface area contributed by atoms with Gasteiger partial charge in [0.25, 0.3) is 0 Å². The van der Waals surface area contributed by atoms with Crippen molar-refractivity contribution in [3.8, 4) is 0 Å². The van der Waals surface area contributed by atoms with Crippen molar-refractivity contribution in [2.45, 2.75) is 25.7 Å². The van der Waals surface area contributed by atoms with Crippen LogP contribution in [0, 0.1) is 0 Å². The van der Waals surface area contributed by atoms with Gasteiger partial charge in [-0.1, -0.05) is 0 Å². The van der Waals surface area contributed by atoms with Crippen molar-refractivity contribution in [3.05, 3.63) is 115 Å².